The number of nitrogens with zero attached hydrogens (tertiary/aromatic N) is 1. The molecule has 0 saturated carbocycles. The van der Waals surface area contributed by atoms with Gasteiger partial charge in [-0.1, -0.05) is 56.1 Å². The third-order valence-corrected chi connectivity index (χ3v) is 4.96. The van der Waals surface area contributed by atoms with Crippen LogP contribution in [0.1, 0.15) is 21.5 Å². The molecule has 0 atom stereocenters. The number of para-hydroxylation sites is 1. The lowest BCUT2D eigenvalue weighted by Gasteiger charge is -2.10. The molecule has 0 aliphatic heterocycles. The number of carbonyl (C=O) groups excluding carboxylic acids is 1. The number of nitrogens with one attached hydrogen (secondary N) is 1. The molecule has 0 aromatic heterocycles. The summed E-state index contributed by atoms with van der Waals surface area (Å²) in [5, 5.41) is 4.07. The fraction of sp³-hybridized carbons (Fsp3) is 0.0909. The first kappa shape index (κ1) is 21.1. The maximum atomic E-state index is 12.4. The normalized spacial score (nSPS) is 10.7. The van der Waals surface area contributed by atoms with Crippen molar-refractivity contribution < 1.29 is 14.3 Å². The number of hydrogen-bond acceptors (Lipinski definition) is 4. The Labute approximate surface area is 186 Å². The summed E-state index contributed by atoms with van der Waals surface area (Å²) in [5.74, 6) is 0.774. The van der Waals surface area contributed by atoms with Gasteiger partial charge in [-0.25, -0.2) is 5.43 Å². The Morgan fingerprint density at radius 1 is 1.00 bits per heavy atom. The van der Waals surface area contributed by atoms with Gasteiger partial charge >= 0.3 is 0 Å². The van der Waals surface area contributed by atoms with Gasteiger partial charge in [-0.05, 0) is 48.0 Å². The summed E-state index contributed by atoms with van der Waals surface area (Å²) in [6.45, 7) is 0.423. The predicted molar refractivity (Wildman–Crippen MR) is 121 cm³/mol. The average molecular weight is 518 g/mol. The van der Waals surface area contributed by atoms with E-state index in [9.17, 15) is 4.79 Å². The highest BCUT2D eigenvalue weighted by Gasteiger charge is 2.12. The molecule has 148 valence electrons. The van der Waals surface area contributed by atoms with E-state index in [0.29, 0.717) is 23.7 Å². The number of carbonyl (C=O) groups is 1. The predicted octanol–water partition coefficient (Wildman–Crippen LogP) is 5.56. The van der Waals surface area contributed by atoms with Crippen LogP contribution in [0.5, 0.6) is 11.5 Å². The van der Waals surface area contributed by atoms with Crippen LogP contribution < -0.4 is 14.9 Å². The van der Waals surface area contributed by atoms with Gasteiger partial charge in [0, 0.05) is 14.5 Å². The van der Waals surface area contributed by atoms with Gasteiger partial charge in [0.1, 0.15) is 18.1 Å². The molecular formula is C22H18Br2N2O3. The van der Waals surface area contributed by atoms with E-state index in [2.05, 4.69) is 42.4 Å². The second-order valence-corrected chi connectivity index (χ2v) is 7.83. The van der Waals surface area contributed by atoms with Gasteiger partial charge in [0.25, 0.3) is 5.91 Å². The van der Waals surface area contributed by atoms with Crippen LogP contribution in [-0.4, -0.2) is 19.2 Å². The zero-order chi connectivity index (χ0) is 20.6. The Morgan fingerprint density at radius 2 is 1.79 bits per heavy atom. The summed E-state index contributed by atoms with van der Waals surface area (Å²) in [5.41, 5.74) is 4.71. The zero-order valence-electron chi connectivity index (χ0n) is 15.6. The number of amides is 1. The molecule has 3 aromatic carbocycles. The Kier molecular flexibility index (Phi) is 7.43. The molecule has 3 aromatic rings. The molecule has 0 unspecified atom stereocenters. The first-order valence-corrected chi connectivity index (χ1v) is 10.3. The standard InChI is InChI=1S/C22H18Br2N2O3/c1-28-21-10-9-18(24)12-19(21)22(27)26-25-13-16-6-2-3-8-20(16)29-14-15-5-4-7-17(23)11-15/h2-13H,14H2,1H3,(H,26,27). The van der Waals surface area contributed by atoms with Crippen LogP contribution in [0.25, 0.3) is 0 Å². The molecule has 0 fully saturated rings. The minimum absolute atomic E-state index is 0.369. The maximum Gasteiger partial charge on any atom is 0.275 e. The van der Waals surface area contributed by atoms with Crippen LogP contribution in [0.4, 0.5) is 0 Å². The highest BCUT2D eigenvalue weighted by molar-refractivity contribution is 9.10. The smallest absolute Gasteiger partial charge is 0.275 e. The number of benzene rings is 3. The summed E-state index contributed by atoms with van der Waals surface area (Å²) in [4.78, 5) is 12.4. The Bertz CT molecular complexity index is 1040. The van der Waals surface area contributed by atoms with Gasteiger partial charge in [-0.2, -0.15) is 5.10 Å². The summed E-state index contributed by atoms with van der Waals surface area (Å²) in [6, 6.07) is 20.6. The highest BCUT2D eigenvalue weighted by Crippen LogP contribution is 2.23. The monoisotopic (exact) mass is 516 g/mol. The van der Waals surface area contributed by atoms with E-state index < -0.39 is 0 Å². The van der Waals surface area contributed by atoms with Gasteiger partial charge in [-0.3, -0.25) is 4.79 Å². The largest absolute Gasteiger partial charge is 0.496 e. The van der Waals surface area contributed by atoms with E-state index >= 15 is 0 Å². The van der Waals surface area contributed by atoms with Crippen molar-refractivity contribution in [3.05, 3.63) is 92.4 Å². The van der Waals surface area contributed by atoms with Crippen LogP contribution in [-0.2, 0) is 6.61 Å². The minimum Gasteiger partial charge on any atom is -0.496 e. The van der Waals surface area contributed by atoms with Gasteiger partial charge in [0.15, 0.2) is 0 Å². The first-order valence-electron chi connectivity index (χ1n) is 8.70. The summed E-state index contributed by atoms with van der Waals surface area (Å²) >= 11 is 6.81. The summed E-state index contributed by atoms with van der Waals surface area (Å²) in [6.07, 6.45) is 1.55. The molecule has 0 radical (unpaired) electrons. The molecule has 0 aliphatic rings. The molecule has 5 nitrogen and oxygen atoms in total. The molecule has 3 rings (SSSR count). The topological polar surface area (TPSA) is 59.9 Å². The number of methoxy groups -OCH3 is 1. The lowest BCUT2D eigenvalue weighted by molar-refractivity contribution is 0.0952. The van der Waals surface area contributed by atoms with Crippen molar-refractivity contribution in [1.29, 1.82) is 0 Å². The van der Waals surface area contributed by atoms with Gasteiger partial charge in [0.05, 0.1) is 18.9 Å². The van der Waals surface area contributed by atoms with Crippen LogP contribution in [0.3, 0.4) is 0 Å². The highest BCUT2D eigenvalue weighted by atomic mass is 79.9. The number of ether oxygens (including phenoxy) is 2. The average Bonchev–Trinajstić information content (AvgIpc) is 2.73. The van der Waals surface area contributed by atoms with Gasteiger partial charge < -0.3 is 9.47 Å². The second-order valence-electron chi connectivity index (χ2n) is 6.00. The SMILES string of the molecule is COc1ccc(Br)cc1C(=O)NN=Cc1ccccc1OCc1cccc(Br)c1. The molecule has 1 N–H and O–H groups in total. The van der Waals surface area contributed by atoms with E-state index in [1.165, 1.54) is 7.11 Å². The molecule has 0 heterocycles. The van der Waals surface area contributed by atoms with Crippen LogP contribution in [0.15, 0.2) is 80.8 Å². The molecule has 0 spiro atoms. The number of hydrogen-bond donors (Lipinski definition) is 1. The van der Waals surface area contributed by atoms with Crippen molar-refractivity contribution in [2.24, 2.45) is 5.10 Å². The molecule has 29 heavy (non-hydrogen) atoms. The van der Waals surface area contributed by atoms with E-state index in [0.717, 1.165) is 20.1 Å². The van der Waals surface area contributed by atoms with Crippen LogP contribution in [0, 0.1) is 0 Å². The Morgan fingerprint density at radius 3 is 2.59 bits per heavy atom. The van der Waals surface area contributed by atoms with E-state index in [-0.39, 0.29) is 5.91 Å². The molecule has 1 amide bonds. The van der Waals surface area contributed by atoms with Crippen molar-refractivity contribution in [2.45, 2.75) is 6.61 Å². The van der Waals surface area contributed by atoms with Crippen molar-refractivity contribution in [3.63, 3.8) is 0 Å². The molecule has 0 bridgehead atoms. The zero-order valence-corrected chi connectivity index (χ0v) is 18.7. The van der Waals surface area contributed by atoms with Crippen molar-refractivity contribution in [2.75, 3.05) is 7.11 Å². The van der Waals surface area contributed by atoms with Crippen LogP contribution >= 0.6 is 31.9 Å². The Hall–Kier alpha value is -2.64. The fourth-order valence-electron chi connectivity index (χ4n) is 2.58. The van der Waals surface area contributed by atoms with Crippen LogP contribution in [0.2, 0.25) is 0 Å². The van der Waals surface area contributed by atoms with E-state index in [1.54, 1.807) is 24.4 Å². The van der Waals surface area contributed by atoms with Crippen molar-refractivity contribution in [3.8, 4) is 11.5 Å². The van der Waals surface area contributed by atoms with Crippen molar-refractivity contribution in [1.82, 2.24) is 5.43 Å². The fourth-order valence-corrected chi connectivity index (χ4v) is 3.39. The summed E-state index contributed by atoms with van der Waals surface area (Å²) < 4.78 is 12.9. The maximum absolute atomic E-state index is 12.4. The third-order valence-electron chi connectivity index (χ3n) is 3.98. The van der Waals surface area contributed by atoms with E-state index in [4.69, 9.17) is 9.47 Å². The number of halogens is 2. The quantitative estimate of drug-likeness (QED) is 0.329. The molecule has 0 aliphatic carbocycles. The molecule has 0 saturated heterocycles. The Balaban J connectivity index is 1.68. The lowest BCUT2D eigenvalue weighted by Crippen LogP contribution is -2.18. The third kappa shape index (κ3) is 5.92. The number of hydrazone groups is 1. The summed E-state index contributed by atoms with van der Waals surface area (Å²) in [7, 11) is 1.52. The van der Waals surface area contributed by atoms with Gasteiger partial charge in [0.2, 0.25) is 0 Å². The first-order chi connectivity index (χ1) is 14.1. The molecule has 7 heteroatoms. The molecular weight excluding hydrogens is 500 g/mol. The number of rotatable bonds is 7. The second kappa shape index (κ2) is 10.2. The van der Waals surface area contributed by atoms with Crippen molar-refractivity contribution >= 4 is 44.0 Å². The lowest BCUT2D eigenvalue weighted by atomic mass is 10.2. The van der Waals surface area contributed by atoms with E-state index in [1.807, 2.05) is 48.5 Å². The minimum atomic E-state index is -0.369. The van der Waals surface area contributed by atoms with Gasteiger partial charge in [-0.15, -0.1) is 0 Å².